The van der Waals surface area contributed by atoms with Gasteiger partial charge in [-0.05, 0) is 83.9 Å². The van der Waals surface area contributed by atoms with E-state index in [1.807, 2.05) is 84.9 Å². The fraction of sp³-hybridized carbons (Fsp3) is 0.125. The average Bonchev–Trinajstić information content (AvgIpc) is 3.53. The molecule has 0 amide bonds. The highest BCUT2D eigenvalue weighted by Crippen LogP contribution is 2.27. The number of phenolic OH excluding ortho intramolecular Hbond substituents is 1. The topological polar surface area (TPSA) is 138 Å². The van der Waals surface area contributed by atoms with Crippen LogP contribution in [0.1, 0.15) is 23.6 Å². The largest absolute Gasteiger partial charge is 0.508 e. The number of hydrazone groups is 1. The van der Waals surface area contributed by atoms with E-state index in [1.54, 1.807) is 26.4 Å². The Morgan fingerprint density at radius 3 is 1.51 bits per heavy atom. The smallest absolute Gasteiger partial charge is 0.233 e. The minimum Gasteiger partial charge on any atom is -0.508 e. The standard InChI is InChI=1S/C32H30N8O3/c1-42-26-15-9-23(10-16-26)34-31-36-30(37-32(38-31)35-24-11-17-27(43-2)18-12-24)33-22-7-3-20(4-8-22)28-19-29(40-39-28)21-5-13-25(41)14-6-21/h3-18,29,40-41H,19H2,1-2H3,(H3,33,34,35,36,37,38). The van der Waals surface area contributed by atoms with Gasteiger partial charge in [-0.3, -0.25) is 0 Å². The first-order valence-corrected chi connectivity index (χ1v) is 13.6. The van der Waals surface area contributed by atoms with Crippen LogP contribution in [0.4, 0.5) is 34.9 Å². The second kappa shape index (κ2) is 12.4. The summed E-state index contributed by atoms with van der Waals surface area (Å²) in [5.41, 5.74) is 8.65. The molecule has 1 aliphatic heterocycles. The van der Waals surface area contributed by atoms with Gasteiger partial charge in [0.25, 0.3) is 0 Å². The maximum absolute atomic E-state index is 9.58. The van der Waals surface area contributed by atoms with Crippen molar-refractivity contribution in [3.8, 4) is 17.2 Å². The number of hydrogen-bond acceptors (Lipinski definition) is 11. The predicted molar refractivity (Wildman–Crippen MR) is 167 cm³/mol. The Balaban J connectivity index is 1.19. The summed E-state index contributed by atoms with van der Waals surface area (Å²) < 4.78 is 10.5. The highest BCUT2D eigenvalue weighted by Gasteiger charge is 2.21. The molecule has 1 atom stereocenters. The molecule has 43 heavy (non-hydrogen) atoms. The van der Waals surface area contributed by atoms with Crippen LogP contribution >= 0.6 is 0 Å². The third-order valence-corrected chi connectivity index (χ3v) is 6.85. The number of nitrogens with zero attached hydrogens (tertiary/aromatic N) is 4. The van der Waals surface area contributed by atoms with Gasteiger partial charge in [0.1, 0.15) is 17.2 Å². The van der Waals surface area contributed by atoms with E-state index >= 15 is 0 Å². The van der Waals surface area contributed by atoms with E-state index in [-0.39, 0.29) is 11.8 Å². The molecule has 0 fully saturated rings. The second-order valence-electron chi connectivity index (χ2n) is 9.75. The van der Waals surface area contributed by atoms with Gasteiger partial charge < -0.3 is 36.0 Å². The number of aromatic hydroxyl groups is 1. The summed E-state index contributed by atoms with van der Waals surface area (Å²) in [7, 11) is 3.26. The Morgan fingerprint density at radius 2 is 1.07 bits per heavy atom. The molecule has 0 saturated carbocycles. The molecule has 2 heterocycles. The average molecular weight is 575 g/mol. The van der Waals surface area contributed by atoms with Crippen molar-refractivity contribution >= 4 is 40.6 Å². The lowest BCUT2D eigenvalue weighted by Gasteiger charge is -2.12. The molecular formula is C32H30N8O3. The summed E-state index contributed by atoms with van der Waals surface area (Å²) in [4.78, 5) is 13.8. The van der Waals surface area contributed by atoms with E-state index in [9.17, 15) is 5.11 Å². The van der Waals surface area contributed by atoms with E-state index in [4.69, 9.17) is 9.47 Å². The molecule has 0 radical (unpaired) electrons. The first kappa shape index (κ1) is 27.3. The van der Waals surface area contributed by atoms with E-state index < -0.39 is 0 Å². The maximum Gasteiger partial charge on any atom is 0.233 e. The van der Waals surface area contributed by atoms with Crippen LogP contribution in [0.25, 0.3) is 0 Å². The number of nitrogens with one attached hydrogen (secondary N) is 4. The first-order chi connectivity index (χ1) is 21.0. The third-order valence-electron chi connectivity index (χ3n) is 6.85. The molecule has 0 saturated heterocycles. The molecule has 1 aromatic heterocycles. The van der Waals surface area contributed by atoms with Crippen LogP contribution in [0.5, 0.6) is 17.2 Å². The Kier molecular flexibility index (Phi) is 7.85. The summed E-state index contributed by atoms with van der Waals surface area (Å²) in [6, 6.07) is 30.2. The number of aromatic nitrogens is 3. The zero-order valence-corrected chi connectivity index (χ0v) is 23.6. The minimum atomic E-state index is 0.0619. The number of hydrogen-bond donors (Lipinski definition) is 5. The minimum absolute atomic E-state index is 0.0619. The number of methoxy groups -OCH3 is 2. The van der Waals surface area contributed by atoms with Gasteiger partial charge in [0.15, 0.2) is 0 Å². The Hall–Kier alpha value is -5.84. The third kappa shape index (κ3) is 6.73. The van der Waals surface area contributed by atoms with Crippen LogP contribution < -0.4 is 30.8 Å². The summed E-state index contributed by atoms with van der Waals surface area (Å²) in [6.07, 6.45) is 0.742. The number of ether oxygens (including phenoxy) is 2. The lowest BCUT2D eigenvalue weighted by Crippen LogP contribution is -2.09. The van der Waals surface area contributed by atoms with Gasteiger partial charge >= 0.3 is 0 Å². The molecule has 0 spiro atoms. The van der Waals surface area contributed by atoms with Crippen molar-refractivity contribution in [3.05, 3.63) is 108 Å². The normalized spacial score (nSPS) is 13.9. The van der Waals surface area contributed by atoms with Crippen LogP contribution in [0.15, 0.2) is 102 Å². The SMILES string of the molecule is COc1ccc(Nc2nc(Nc3ccc(OC)cc3)nc(Nc3ccc(C4=NNC(c5ccc(O)cc5)C4)cc3)n2)cc1. The van der Waals surface area contributed by atoms with E-state index in [0.717, 1.165) is 51.8 Å². The summed E-state index contributed by atoms with van der Waals surface area (Å²) in [5.74, 6) is 2.84. The van der Waals surface area contributed by atoms with Crippen molar-refractivity contribution in [1.29, 1.82) is 0 Å². The zero-order chi connectivity index (χ0) is 29.6. The number of rotatable bonds is 10. The molecule has 1 aliphatic rings. The van der Waals surface area contributed by atoms with Crippen LogP contribution in [0, 0.1) is 0 Å². The van der Waals surface area contributed by atoms with Crippen molar-refractivity contribution in [1.82, 2.24) is 20.4 Å². The molecule has 1 unspecified atom stereocenters. The fourth-order valence-corrected chi connectivity index (χ4v) is 4.55. The fourth-order valence-electron chi connectivity index (χ4n) is 4.55. The summed E-state index contributed by atoms with van der Waals surface area (Å²) in [5, 5.41) is 23.9. The Morgan fingerprint density at radius 1 is 0.628 bits per heavy atom. The molecule has 5 aromatic rings. The number of phenols is 1. The molecule has 6 rings (SSSR count). The van der Waals surface area contributed by atoms with Crippen molar-refractivity contribution in [2.75, 3.05) is 30.2 Å². The zero-order valence-electron chi connectivity index (χ0n) is 23.6. The second-order valence-corrected chi connectivity index (χ2v) is 9.75. The van der Waals surface area contributed by atoms with Crippen molar-refractivity contribution < 1.29 is 14.6 Å². The van der Waals surface area contributed by atoms with Gasteiger partial charge in [-0.1, -0.05) is 24.3 Å². The quantitative estimate of drug-likeness (QED) is 0.130. The molecule has 4 aromatic carbocycles. The lowest BCUT2D eigenvalue weighted by atomic mass is 9.99. The highest BCUT2D eigenvalue weighted by molar-refractivity contribution is 6.02. The molecule has 5 N–H and O–H groups in total. The van der Waals surface area contributed by atoms with Gasteiger partial charge in [0.2, 0.25) is 17.8 Å². The number of benzene rings is 4. The van der Waals surface area contributed by atoms with Crippen LogP contribution in [-0.2, 0) is 0 Å². The van der Waals surface area contributed by atoms with E-state index in [1.165, 1.54) is 0 Å². The van der Waals surface area contributed by atoms with Crippen molar-refractivity contribution in [3.63, 3.8) is 0 Å². The first-order valence-electron chi connectivity index (χ1n) is 13.6. The molecule has 11 heteroatoms. The molecule has 11 nitrogen and oxygen atoms in total. The number of anilines is 6. The van der Waals surface area contributed by atoms with E-state index in [0.29, 0.717) is 17.8 Å². The van der Waals surface area contributed by atoms with Gasteiger partial charge in [-0.25, -0.2) is 0 Å². The Labute approximate surface area is 248 Å². The summed E-state index contributed by atoms with van der Waals surface area (Å²) in [6.45, 7) is 0. The lowest BCUT2D eigenvalue weighted by molar-refractivity contribution is 0.415. The monoisotopic (exact) mass is 574 g/mol. The molecule has 216 valence electrons. The van der Waals surface area contributed by atoms with Crippen LogP contribution in [0.3, 0.4) is 0 Å². The van der Waals surface area contributed by atoms with Gasteiger partial charge in [-0.15, -0.1) is 0 Å². The molecular weight excluding hydrogens is 544 g/mol. The van der Waals surface area contributed by atoms with Crippen LogP contribution in [0.2, 0.25) is 0 Å². The molecule has 0 aliphatic carbocycles. The highest BCUT2D eigenvalue weighted by atomic mass is 16.5. The maximum atomic E-state index is 9.58. The van der Waals surface area contributed by atoms with Crippen LogP contribution in [-0.4, -0.2) is 40.0 Å². The van der Waals surface area contributed by atoms with E-state index in [2.05, 4.69) is 41.4 Å². The van der Waals surface area contributed by atoms with Gasteiger partial charge in [-0.2, -0.15) is 20.1 Å². The molecule has 0 bridgehead atoms. The van der Waals surface area contributed by atoms with Gasteiger partial charge in [0, 0.05) is 23.5 Å². The van der Waals surface area contributed by atoms with Gasteiger partial charge in [0.05, 0.1) is 26.0 Å². The van der Waals surface area contributed by atoms with Crippen molar-refractivity contribution in [2.24, 2.45) is 5.10 Å². The van der Waals surface area contributed by atoms with Crippen molar-refractivity contribution in [2.45, 2.75) is 12.5 Å². The Bertz CT molecular complexity index is 1640. The predicted octanol–water partition coefficient (Wildman–Crippen LogP) is 6.26. The summed E-state index contributed by atoms with van der Waals surface area (Å²) >= 11 is 0.